The number of hydrogen-bond acceptors (Lipinski definition) is 10. The van der Waals surface area contributed by atoms with Gasteiger partial charge in [-0.05, 0) is 102 Å². The minimum atomic E-state index is -4.08. The molecule has 1 aromatic heterocycles. The number of nitrogens with two attached hydrogens (primary N) is 1. The van der Waals surface area contributed by atoms with Crippen LogP contribution in [-0.2, 0) is 9.84 Å². The minimum absolute atomic E-state index is 0.0864. The van der Waals surface area contributed by atoms with Gasteiger partial charge in [-0.15, -0.1) is 0 Å². The second kappa shape index (κ2) is 11.5. The molecule has 0 spiro atoms. The Bertz CT molecular complexity index is 1480. The van der Waals surface area contributed by atoms with Crippen molar-refractivity contribution in [2.24, 2.45) is 5.73 Å². The molecule has 0 bridgehead atoms. The van der Waals surface area contributed by atoms with Gasteiger partial charge < -0.3 is 25.8 Å². The molecule has 0 saturated carbocycles. The van der Waals surface area contributed by atoms with E-state index in [2.05, 4.69) is 32.8 Å². The van der Waals surface area contributed by atoms with Crippen LogP contribution in [0.25, 0.3) is 0 Å². The Morgan fingerprint density at radius 2 is 1.77 bits per heavy atom. The van der Waals surface area contributed by atoms with Crippen LogP contribution in [0.3, 0.4) is 0 Å². The summed E-state index contributed by atoms with van der Waals surface area (Å²) in [6, 6.07) is 10.3. The summed E-state index contributed by atoms with van der Waals surface area (Å²) in [5, 5.41) is 20.1. The number of para-hydroxylation sites is 1. The van der Waals surface area contributed by atoms with Crippen LogP contribution in [0.1, 0.15) is 57.6 Å². The van der Waals surface area contributed by atoms with Crippen LogP contribution >= 0.6 is 11.6 Å². The normalized spacial score (nSPS) is 15.1. The van der Waals surface area contributed by atoms with E-state index in [4.69, 9.17) is 22.1 Å². The predicted octanol–water partition coefficient (Wildman–Crippen LogP) is 4.97. The number of sulfone groups is 1. The summed E-state index contributed by atoms with van der Waals surface area (Å²) in [7, 11) is -4.08. The van der Waals surface area contributed by atoms with Crippen molar-refractivity contribution in [3.05, 3.63) is 58.7 Å². The van der Waals surface area contributed by atoms with Crippen LogP contribution in [0.4, 0.5) is 23.1 Å². The third-order valence-corrected chi connectivity index (χ3v) is 9.12. The number of ether oxygens (including phenoxy) is 1. The van der Waals surface area contributed by atoms with Crippen molar-refractivity contribution in [3.8, 4) is 5.75 Å². The highest BCUT2D eigenvalue weighted by atomic mass is 35.5. The zero-order valence-electron chi connectivity index (χ0n) is 23.4. The van der Waals surface area contributed by atoms with Gasteiger partial charge in [0.15, 0.2) is 16.5 Å². The van der Waals surface area contributed by atoms with E-state index in [1.807, 2.05) is 12.1 Å². The first-order valence-corrected chi connectivity index (χ1v) is 15.0. The van der Waals surface area contributed by atoms with E-state index in [9.17, 15) is 13.5 Å². The maximum Gasteiger partial charge on any atom is 0.229 e. The molecule has 4 rings (SSSR count). The Morgan fingerprint density at radius 3 is 2.42 bits per heavy atom. The highest BCUT2D eigenvalue weighted by Crippen LogP contribution is 2.38. The zero-order valence-corrected chi connectivity index (χ0v) is 24.9. The molecule has 0 aliphatic carbocycles. The Labute approximate surface area is 240 Å². The fourth-order valence-electron chi connectivity index (χ4n) is 4.58. The second-order valence-corrected chi connectivity index (χ2v) is 13.9. The summed E-state index contributed by atoms with van der Waals surface area (Å²) in [5.74, 6) is 1.38. The molecule has 3 aromatic rings. The van der Waals surface area contributed by atoms with Gasteiger partial charge in [0.2, 0.25) is 15.8 Å². The van der Waals surface area contributed by atoms with Gasteiger partial charge in [0, 0.05) is 0 Å². The number of nitrogens with one attached hydrogen (secondary N) is 3. The quantitative estimate of drug-likeness (QED) is 0.217. The van der Waals surface area contributed by atoms with Gasteiger partial charge >= 0.3 is 0 Å². The number of piperidine rings is 1. The molecule has 40 heavy (non-hydrogen) atoms. The molecule has 216 valence electrons. The van der Waals surface area contributed by atoms with Crippen molar-refractivity contribution in [2.45, 2.75) is 68.9 Å². The second-order valence-electron chi connectivity index (χ2n) is 11.0. The summed E-state index contributed by atoms with van der Waals surface area (Å²) in [4.78, 5) is 6.75. The largest absolute Gasteiger partial charge is 0.471 e. The van der Waals surface area contributed by atoms with Crippen molar-refractivity contribution < 1.29 is 18.3 Å². The number of aliphatic hydroxyl groups is 1. The lowest BCUT2D eigenvalue weighted by molar-refractivity contribution is 0.118. The van der Waals surface area contributed by atoms with E-state index in [1.165, 1.54) is 31.7 Å². The van der Waals surface area contributed by atoms with Crippen molar-refractivity contribution in [2.75, 3.05) is 23.7 Å². The van der Waals surface area contributed by atoms with Crippen LogP contribution in [0.15, 0.2) is 47.5 Å². The molecule has 0 atom stereocenters. The third kappa shape index (κ3) is 6.84. The van der Waals surface area contributed by atoms with Crippen LogP contribution in [0, 0.1) is 6.92 Å². The Balaban J connectivity index is 1.69. The molecular formula is C28H37ClN6O4S. The van der Waals surface area contributed by atoms with Gasteiger partial charge in [-0.2, -0.15) is 4.98 Å². The molecule has 0 unspecified atom stereocenters. The van der Waals surface area contributed by atoms with Crippen LogP contribution in [-0.4, -0.2) is 47.2 Å². The van der Waals surface area contributed by atoms with E-state index in [0.29, 0.717) is 17.4 Å². The molecule has 2 aromatic carbocycles. The molecule has 6 N–H and O–H groups in total. The topological polar surface area (TPSA) is 151 Å². The monoisotopic (exact) mass is 588 g/mol. The molecule has 12 heteroatoms. The number of aromatic nitrogens is 2. The number of nitrogens with zero attached hydrogens (tertiary/aromatic N) is 2. The summed E-state index contributed by atoms with van der Waals surface area (Å²) in [6.45, 7) is 10.0. The highest BCUT2D eigenvalue weighted by Gasteiger charge is 2.35. The maximum absolute atomic E-state index is 13.0. The van der Waals surface area contributed by atoms with Crippen LogP contribution < -0.4 is 26.4 Å². The fraction of sp³-hybridized carbons (Fsp3) is 0.429. The number of rotatable bonds is 9. The number of halogens is 1. The van der Waals surface area contributed by atoms with E-state index in [0.717, 1.165) is 31.5 Å². The number of hydrogen-bond donors (Lipinski definition) is 5. The summed E-state index contributed by atoms with van der Waals surface area (Å²) in [5.41, 5.74) is 8.46. The first-order chi connectivity index (χ1) is 18.7. The summed E-state index contributed by atoms with van der Waals surface area (Å²) >= 11 is 6.40. The highest BCUT2D eigenvalue weighted by molar-refractivity contribution is 7.92. The van der Waals surface area contributed by atoms with Crippen molar-refractivity contribution in [3.63, 3.8) is 0 Å². The predicted molar refractivity (Wildman–Crippen MR) is 158 cm³/mol. The van der Waals surface area contributed by atoms with Gasteiger partial charge in [0.1, 0.15) is 10.8 Å². The molecule has 0 amide bonds. The Hall–Kier alpha value is -2.96. The fourth-order valence-corrected chi connectivity index (χ4v) is 5.92. The molecule has 1 aliphatic rings. The molecule has 1 saturated heterocycles. The van der Waals surface area contributed by atoms with E-state index in [-0.39, 0.29) is 27.4 Å². The average molecular weight is 589 g/mol. The van der Waals surface area contributed by atoms with Gasteiger partial charge in [-0.3, -0.25) is 5.73 Å². The number of benzene rings is 2. The lowest BCUT2D eigenvalue weighted by Gasteiger charge is -2.28. The lowest BCUT2D eigenvalue weighted by Crippen LogP contribution is -2.39. The molecule has 2 heterocycles. The Kier molecular flexibility index (Phi) is 8.63. The standard InChI is InChI=1S/C28H37ClN6O4S/c1-17-14-22(23(39-27(2,3)30)15-19(17)18-10-12-31-13-11-18)34-26-32-16-20(29)25(35-26)33-21-8-6-7-9-24(21)40(37,38)28(4,5)36/h6-9,14-16,18,31,36H,10-13,30H2,1-5H3,(H2,32,33,34,35). The number of aryl methyl sites for hydroxylation is 1. The molecule has 10 nitrogen and oxygen atoms in total. The first kappa shape index (κ1) is 30.0. The Morgan fingerprint density at radius 1 is 1.10 bits per heavy atom. The van der Waals surface area contributed by atoms with Crippen molar-refractivity contribution in [1.82, 2.24) is 15.3 Å². The molecule has 1 aliphatic heterocycles. The summed E-state index contributed by atoms with van der Waals surface area (Å²) < 4.78 is 32.1. The van der Waals surface area contributed by atoms with Gasteiger partial charge in [-0.1, -0.05) is 23.7 Å². The molecule has 1 fully saturated rings. The van der Waals surface area contributed by atoms with Gasteiger partial charge in [-0.25, -0.2) is 13.4 Å². The van der Waals surface area contributed by atoms with Crippen molar-refractivity contribution >= 4 is 44.6 Å². The SMILES string of the molecule is Cc1cc(Nc2ncc(Cl)c(Nc3ccccc3S(=O)(=O)C(C)(C)O)n2)c(OC(C)(C)N)cc1C1CCNCC1. The van der Waals surface area contributed by atoms with E-state index >= 15 is 0 Å². The first-order valence-electron chi connectivity index (χ1n) is 13.1. The van der Waals surface area contributed by atoms with Gasteiger partial charge in [0.25, 0.3) is 0 Å². The smallest absolute Gasteiger partial charge is 0.229 e. The average Bonchev–Trinajstić information content (AvgIpc) is 2.87. The number of anilines is 4. The van der Waals surface area contributed by atoms with E-state index in [1.54, 1.807) is 32.0 Å². The van der Waals surface area contributed by atoms with Crippen LogP contribution in [0.2, 0.25) is 5.02 Å². The zero-order chi connectivity index (χ0) is 29.3. The maximum atomic E-state index is 13.0. The van der Waals surface area contributed by atoms with E-state index < -0.39 is 20.5 Å². The van der Waals surface area contributed by atoms with Crippen LogP contribution in [0.5, 0.6) is 5.75 Å². The minimum Gasteiger partial charge on any atom is -0.471 e. The van der Waals surface area contributed by atoms with Crippen molar-refractivity contribution in [1.29, 1.82) is 0 Å². The van der Waals surface area contributed by atoms with Gasteiger partial charge in [0.05, 0.1) is 22.5 Å². The third-order valence-electron chi connectivity index (χ3n) is 6.60. The molecule has 0 radical (unpaired) electrons. The lowest BCUT2D eigenvalue weighted by atomic mass is 9.87. The molecular weight excluding hydrogens is 552 g/mol. The summed E-state index contributed by atoms with van der Waals surface area (Å²) in [6.07, 6.45) is 3.49.